The van der Waals surface area contributed by atoms with Gasteiger partial charge in [0.2, 0.25) is 11.8 Å². The first-order chi connectivity index (χ1) is 10.2. The van der Waals surface area contributed by atoms with Gasteiger partial charge in [0, 0.05) is 10.5 Å². The third-order valence-corrected chi connectivity index (χ3v) is 4.04. The topological polar surface area (TPSA) is 38.9 Å². The predicted molar refractivity (Wildman–Crippen MR) is 80.4 cm³/mol. The highest BCUT2D eigenvalue weighted by Gasteiger charge is 2.16. The highest BCUT2D eigenvalue weighted by atomic mass is 32.2. The maximum atomic E-state index is 12.9. The summed E-state index contributed by atoms with van der Waals surface area (Å²) in [4.78, 5) is 0.961. The van der Waals surface area contributed by atoms with E-state index in [1.807, 2.05) is 37.3 Å². The summed E-state index contributed by atoms with van der Waals surface area (Å²) in [6, 6.07) is 16.0. The molecule has 3 nitrogen and oxygen atoms in total. The van der Waals surface area contributed by atoms with E-state index in [0.29, 0.717) is 11.8 Å². The molecule has 0 saturated heterocycles. The highest BCUT2D eigenvalue weighted by Crippen LogP contribution is 2.34. The van der Waals surface area contributed by atoms with Gasteiger partial charge in [-0.2, -0.15) is 0 Å². The molecule has 0 aliphatic heterocycles. The van der Waals surface area contributed by atoms with Crippen LogP contribution >= 0.6 is 11.8 Å². The van der Waals surface area contributed by atoms with Crippen molar-refractivity contribution in [3.63, 3.8) is 0 Å². The van der Waals surface area contributed by atoms with E-state index in [4.69, 9.17) is 4.42 Å². The van der Waals surface area contributed by atoms with Crippen LogP contribution in [-0.2, 0) is 0 Å². The molecule has 0 spiro atoms. The molecule has 1 unspecified atom stereocenters. The molecule has 0 amide bonds. The Hall–Kier alpha value is -2.14. The largest absolute Gasteiger partial charge is 0.419 e. The molecule has 0 aliphatic carbocycles. The van der Waals surface area contributed by atoms with Gasteiger partial charge in [-0.1, -0.05) is 18.2 Å². The van der Waals surface area contributed by atoms with Gasteiger partial charge in [-0.05, 0) is 43.3 Å². The zero-order valence-corrected chi connectivity index (χ0v) is 12.2. The number of halogens is 1. The van der Waals surface area contributed by atoms with E-state index in [1.165, 1.54) is 12.1 Å². The molecule has 1 heterocycles. The van der Waals surface area contributed by atoms with Crippen molar-refractivity contribution < 1.29 is 8.81 Å². The first-order valence-electron chi connectivity index (χ1n) is 6.53. The molecule has 5 heteroatoms. The van der Waals surface area contributed by atoms with Crippen LogP contribution in [0.2, 0.25) is 0 Å². The molecule has 106 valence electrons. The zero-order chi connectivity index (χ0) is 14.7. The molecule has 0 N–H and O–H groups in total. The van der Waals surface area contributed by atoms with Crippen LogP contribution < -0.4 is 0 Å². The normalized spacial score (nSPS) is 12.3. The maximum Gasteiger partial charge on any atom is 0.247 e. The van der Waals surface area contributed by atoms with Gasteiger partial charge in [-0.15, -0.1) is 22.0 Å². The SMILES string of the molecule is CC(Sc1ccc(F)cc1)c1nnc(-c2ccccc2)o1. The van der Waals surface area contributed by atoms with E-state index < -0.39 is 0 Å². The Morgan fingerprint density at radius 3 is 2.43 bits per heavy atom. The fourth-order valence-electron chi connectivity index (χ4n) is 1.86. The summed E-state index contributed by atoms with van der Waals surface area (Å²) in [6.07, 6.45) is 0. The molecular formula is C16H13FN2OS. The number of hydrogen-bond acceptors (Lipinski definition) is 4. The van der Waals surface area contributed by atoms with Gasteiger partial charge < -0.3 is 4.42 Å². The molecule has 1 atom stereocenters. The van der Waals surface area contributed by atoms with Crippen molar-refractivity contribution >= 4 is 11.8 Å². The lowest BCUT2D eigenvalue weighted by Gasteiger charge is -2.06. The first-order valence-corrected chi connectivity index (χ1v) is 7.41. The number of nitrogens with zero attached hydrogens (tertiary/aromatic N) is 2. The number of benzene rings is 2. The lowest BCUT2D eigenvalue weighted by atomic mass is 10.2. The standard InChI is InChI=1S/C16H13FN2OS/c1-11(21-14-9-7-13(17)8-10-14)15-18-19-16(20-15)12-5-3-2-4-6-12/h2-11H,1H3. The minimum absolute atomic E-state index is 0.000392. The Morgan fingerprint density at radius 2 is 1.71 bits per heavy atom. The summed E-state index contributed by atoms with van der Waals surface area (Å²) >= 11 is 1.55. The Kier molecular flexibility index (Phi) is 4.01. The van der Waals surface area contributed by atoms with Crippen LogP contribution in [0.5, 0.6) is 0 Å². The zero-order valence-electron chi connectivity index (χ0n) is 11.4. The number of rotatable bonds is 4. The van der Waals surface area contributed by atoms with Crippen LogP contribution in [-0.4, -0.2) is 10.2 Å². The van der Waals surface area contributed by atoms with Gasteiger partial charge in [0.05, 0.1) is 5.25 Å². The Balaban J connectivity index is 1.75. The summed E-state index contributed by atoms with van der Waals surface area (Å²) in [6.45, 7) is 1.98. The second-order valence-electron chi connectivity index (χ2n) is 4.53. The van der Waals surface area contributed by atoms with Crippen LogP contribution in [0.25, 0.3) is 11.5 Å². The predicted octanol–water partition coefficient (Wildman–Crippen LogP) is 4.73. The summed E-state index contributed by atoms with van der Waals surface area (Å²) < 4.78 is 18.6. The smallest absolute Gasteiger partial charge is 0.247 e. The highest BCUT2D eigenvalue weighted by molar-refractivity contribution is 7.99. The number of hydrogen-bond donors (Lipinski definition) is 0. The van der Waals surface area contributed by atoms with E-state index in [1.54, 1.807) is 23.9 Å². The van der Waals surface area contributed by atoms with Gasteiger partial charge >= 0.3 is 0 Å². The van der Waals surface area contributed by atoms with E-state index in [-0.39, 0.29) is 11.1 Å². The fraction of sp³-hybridized carbons (Fsp3) is 0.125. The molecule has 0 bridgehead atoms. The third-order valence-electron chi connectivity index (χ3n) is 2.94. The summed E-state index contributed by atoms with van der Waals surface area (Å²) in [5.74, 6) is 0.830. The summed E-state index contributed by atoms with van der Waals surface area (Å²) in [5, 5.41) is 8.17. The van der Waals surface area contributed by atoms with Crippen LogP contribution in [0.15, 0.2) is 63.9 Å². The molecule has 21 heavy (non-hydrogen) atoms. The van der Waals surface area contributed by atoms with Crippen molar-refractivity contribution in [3.05, 3.63) is 66.3 Å². The van der Waals surface area contributed by atoms with E-state index >= 15 is 0 Å². The van der Waals surface area contributed by atoms with Gasteiger partial charge in [0.1, 0.15) is 5.82 Å². The Labute approximate surface area is 126 Å². The number of aromatic nitrogens is 2. The summed E-state index contributed by atoms with van der Waals surface area (Å²) in [5.41, 5.74) is 0.898. The molecule has 0 saturated carbocycles. The van der Waals surface area contributed by atoms with E-state index in [2.05, 4.69) is 10.2 Å². The molecule has 3 rings (SSSR count). The molecule has 0 aliphatic rings. The molecule has 2 aromatic carbocycles. The fourth-order valence-corrected chi connectivity index (χ4v) is 2.76. The quantitative estimate of drug-likeness (QED) is 0.653. The van der Waals surface area contributed by atoms with Gasteiger partial charge in [0.25, 0.3) is 0 Å². The van der Waals surface area contributed by atoms with E-state index in [0.717, 1.165) is 10.5 Å². The molecular weight excluding hydrogens is 287 g/mol. The lowest BCUT2D eigenvalue weighted by Crippen LogP contribution is -1.88. The Bertz CT molecular complexity index is 713. The summed E-state index contributed by atoms with van der Waals surface area (Å²) in [7, 11) is 0. The van der Waals surface area contributed by atoms with Crippen LogP contribution in [0.4, 0.5) is 4.39 Å². The Morgan fingerprint density at radius 1 is 1.00 bits per heavy atom. The third kappa shape index (κ3) is 3.31. The molecule has 3 aromatic rings. The van der Waals surface area contributed by atoms with Gasteiger partial charge in [-0.25, -0.2) is 4.39 Å². The number of thioether (sulfide) groups is 1. The van der Waals surface area contributed by atoms with Crippen molar-refractivity contribution in [2.75, 3.05) is 0 Å². The molecule has 0 radical (unpaired) electrons. The van der Waals surface area contributed by atoms with Gasteiger partial charge in [-0.3, -0.25) is 0 Å². The first kappa shape index (κ1) is 13.8. The van der Waals surface area contributed by atoms with Crippen LogP contribution in [0.1, 0.15) is 18.1 Å². The van der Waals surface area contributed by atoms with Crippen molar-refractivity contribution in [3.8, 4) is 11.5 Å². The minimum Gasteiger partial charge on any atom is -0.419 e. The second kappa shape index (κ2) is 6.10. The van der Waals surface area contributed by atoms with Crippen LogP contribution in [0, 0.1) is 5.82 Å². The molecule has 1 aromatic heterocycles. The van der Waals surface area contributed by atoms with Crippen LogP contribution in [0.3, 0.4) is 0 Å². The van der Waals surface area contributed by atoms with Crippen molar-refractivity contribution in [2.45, 2.75) is 17.1 Å². The molecule has 0 fully saturated rings. The average Bonchev–Trinajstić information content (AvgIpc) is 3.00. The maximum absolute atomic E-state index is 12.9. The van der Waals surface area contributed by atoms with Crippen molar-refractivity contribution in [2.24, 2.45) is 0 Å². The second-order valence-corrected chi connectivity index (χ2v) is 5.94. The lowest BCUT2D eigenvalue weighted by molar-refractivity contribution is 0.509. The monoisotopic (exact) mass is 300 g/mol. The van der Waals surface area contributed by atoms with E-state index in [9.17, 15) is 4.39 Å². The minimum atomic E-state index is -0.240. The average molecular weight is 300 g/mol. The van der Waals surface area contributed by atoms with Crippen molar-refractivity contribution in [1.29, 1.82) is 0 Å². The van der Waals surface area contributed by atoms with Gasteiger partial charge in [0.15, 0.2) is 0 Å². The van der Waals surface area contributed by atoms with Crippen molar-refractivity contribution in [1.82, 2.24) is 10.2 Å².